The number of rotatable bonds is 3. The van der Waals surface area contributed by atoms with Crippen molar-refractivity contribution in [3.63, 3.8) is 0 Å². The lowest BCUT2D eigenvalue weighted by Crippen LogP contribution is -2.17. The molecule has 1 aromatic carbocycles. The molecule has 1 fully saturated rings. The van der Waals surface area contributed by atoms with Gasteiger partial charge in [-0.3, -0.25) is 0 Å². The summed E-state index contributed by atoms with van der Waals surface area (Å²) in [7, 11) is 0. The highest BCUT2D eigenvalue weighted by Crippen LogP contribution is 2.24. The number of nitrogens with zero attached hydrogens (tertiary/aromatic N) is 1. The molecule has 1 saturated carbocycles. The summed E-state index contributed by atoms with van der Waals surface area (Å²) in [4.78, 5) is 0. The van der Waals surface area contributed by atoms with Crippen molar-refractivity contribution >= 4 is 5.69 Å². The molecule has 0 unspecified atom stereocenters. The summed E-state index contributed by atoms with van der Waals surface area (Å²) < 4.78 is 13.6. The number of halogens is 1. The van der Waals surface area contributed by atoms with Crippen LogP contribution in [0.5, 0.6) is 0 Å². The normalized spacial score (nSPS) is 16.5. The van der Waals surface area contributed by atoms with Crippen LogP contribution in [0.1, 0.15) is 37.7 Å². The smallest absolute Gasteiger partial charge is 0.147 e. The highest BCUT2D eigenvalue weighted by Gasteiger charge is 2.13. The Morgan fingerprint density at radius 1 is 1.29 bits per heavy atom. The predicted molar refractivity (Wildman–Crippen MR) is 66.2 cm³/mol. The Kier molecular flexibility index (Phi) is 3.98. The van der Waals surface area contributed by atoms with Gasteiger partial charge in [-0.25, -0.2) is 4.39 Å². The van der Waals surface area contributed by atoms with Crippen molar-refractivity contribution < 1.29 is 4.39 Å². The minimum Gasteiger partial charge on any atom is -0.382 e. The molecule has 0 radical (unpaired) electrons. The van der Waals surface area contributed by atoms with Crippen LogP contribution in [0.3, 0.4) is 0 Å². The molecule has 1 aliphatic carbocycles. The van der Waals surface area contributed by atoms with Gasteiger partial charge >= 0.3 is 0 Å². The first-order valence-corrected chi connectivity index (χ1v) is 6.23. The third kappa shape index (κ3) is 3.20. The van der Waals surface area contributed by atoms with E-state index in [1.165, 1.54) is 38.2 Å². The zero-order valence-corrected chi connectivity index (χ0v) is 9.88. The molecule has 90 valence electrons. The van der Waals surface area contributed by atoms with Crippen LogP contribution < -0.4 is 5.32 Å². The minimum absolute atomic E-state index is 0.333. The Morgan fingerprint density at radius 3 is 2.71 bits per heavy atom. The largest absolute Gasteiger partial charge is 0.382 e. The monoisotopic (exact) mass is 232 g/mol. The summed E-state index contributed by atoms with van der Waals surface area (Å²) in [5.41, 5.74) is 0.875. The number of nitriles is 1. The molecule has 0 bridgehead atoms. The van der Waals surface area contributed by atoms with E-state index in [2.05, 4.69) is 5.32 Å². The fourth-order valence-electron chi connectivity index (χ4n) is 2.37. The van der Waals surface area contributed by atoms with Gasteiger partial charge in [-0.05, 0) is 37.0 Å². The van der Waals surface area contributed by atoms with Crippen molar-refractivity contribution in [2.24, 2.45) is 5.92 Å². The van der Waals surface area contributed by atoms with Gasteiger partial charge < -0.3 is 5.32 Å². The van der Waals surface area contributed by atoms with E-state index >= 15 is 0 Å². The summed E-state index contributed by atoms with van der Waals surface area (Å²) >= 11 is 0. The number of benzene rings is 1. The Morgan fingerprint density at radius 2 is 2.06 bits per heavy atom. The minimum atomic E-state index is -0.333. The average molecular weight is 232 g/mol. The molecule has 1 aliphatic rings. The summed E-state index contributed by atoms with van der Waals surface area (Å²) in [5, 5.41) is 11.8. The van der Waals surface area contributed by atoms with Gasteiger partial charge in [-0.15, -0.1) is 0 Å². The molecular formula is C14H17FN2. The van der Waals surface area contributed by atoms with Gasteiger partial charge in [0.05, 0.1) is 17.3 Å². The van der Waals surface area contributed by atoms with Crippen molar-refractivity contribution in [3.8, 4) is 6.07 Å². The van der Waals surface area contributed by atoms with E-state index in [0.29, 0.717) is 17.2 Å². The molecule has 0 amide bonds. The second-order valence-electron chi connectivity index (χ2n) is 4.69. The van der Waals surface area contributed by atoms with E-state index in [4.69, 9.17) is 5.26 Å². The van der Waals surface area contributed by atoms with Gasteiger partial charge in [0.2, 0.25) is 0 Å². The second kappa shape index (κ2) is 5.67. The summed E-state index contributed by atoms with van der Waals surface area (Å²) in [6.45, 7) is 0.836. The quantitative estimate of drug-likeness (QED) is 0.862. The predicted octanol–water partition coefficient (Wildman–Crippen LogP) is 3.69. The number of anilines is 1. The van der Waals surface area contributed by atoms with E-state index in [0.717, 1.165) is 6.54 Å². The average Bonchev–Trinajstić information content (AvgIpc) is 2.38. The summed E-state index contributed by atoms with van der Waals surface area (Å²) in [6, 6.07) is 6.51. The molecular weight excluding hydrogens is 215 g/mol. The van der Waals surface area contributed by atoms with E-state index in [1.54, 1.807) is 12.1 Å². The van der Waals surface area contributed by atoms with Crippen LogP contribution in [0.15, 0.2) is 18.2 Å². The molecule has 3 heteroatoms. The number of hydrogen-bond donors (Lipinski definition) is 1. The highest BCUT2D eigenvalue weighted by molar-refractivity contribution is 5.48. The van der Waals surface area contributed by atoms with Gasteiger partial charge in [0.25, 0.3) is 0 Å². The molecule has 2 rings (SSSR count). The molecule has 17 heavy (non-hydrogen) atoms. The standard InChI is InChI=1S/C14H17FN2/c15-13-8-12(9-16)6-7-14(13)17-10-11-4-2-1-3-5-11/h6-8,11,17H,1-5,10H2. The van der Waals surface area contributed by atoms with Crippen molar-refractivity contribution in [1.82, 2.24) is 0 Å². The molecule has 0 saturated heterocycles. The van der Waals surface area contributed by atoms with E-state index < -0.39 is 0 Å². The fraction of sp³-hybridized carbons (Fsp3) is 0.500. The van der Waals surface area contributed by atoms with Gasteiger partial charge in [0.1, 0.15) is 5.82 Å². The molecule has 1 N–H and O–H groups in total. The fourth-order valence-corrected chi connectivity index (χ4v) is 2.37. The SMILES string of the molecule is N#Cc1ccc(NCC2CCCCC2)c(F)c1. The maximum atomic E-state index is 13.6. The van der Waals surface area contributed by atoms with Crippen molar-refractivity contribution in [1.29, 1.82) is 5.26 Å². The summed E-state index contributed by atoms with van der Waals surface area (Å²) in [6.07, 6.45) is 6.40. The molecule has 0 heterocycles. The van der Waals surface area contributed by atoms with Crippen LogP contribution in [-0.2, 0) is 0 Å². The Bertz CT molecular complexity index is 417. The maximum Gasteiger partial charge on any atom is 0.147 e. The Labute approximate surface area is 101 Å². The molecule has 1 aromatic rings. The topological polar surface area (TPSA) is 35.8 Å². The second-order valence-corrected chi connectivity index (χ2v) is 4.69. The molecule has 0 atom stereocenters. The van der Waals surface area contributed by atoms with Gasteiger partial charge in [-0.2, -0.15) is 5.26 Å². The van der Waals surface area contributed by atoms with Crippen LogP contribution in [-0.4, -0.2) is 6.54 Å². The van der Waals surface area contributed by atoms with Crippen molar-refractivity contribution in [3.05, 3.63) is 29.6 Å². The molecule has 2 nitrogen and oxygen atoms in total. The lowest BCUT2D eigenvalue weighted by atomic mass is 9.89. The first-order valence-electron chi connectivity index (χ1n) is 6.23. The first kappa shape index (κ1) is 11.9. The van der Waals surface area contributed by atoms with Gasteiger partial charge in [-0.1, -0.05) is 19.3 Å². The third-order valence-corrected chi connectivity index (χ3v) is 3.40. The lowest BCUT2D eigenvalue weighted by molar-refractivity contribution is 0.373. The zero-order chi connectivity index (χ0) is 12.1. The third-order valence-electron chi connectivity index (χ3n) is 3.40. The van der Waals surface area contributed by atoms with Crippen LogP contribution in [0.4, 0.5) is 10.1 Å². The van der Waals surface area contributed by atoms with E-state index in [9.17, 15) is 4.39 Å². The molecule has 0 aliphatic heterocycles. The van der Waals surface area contributed by atoms with Crippen LogP contribution >= 0.6 is 0 Å². The first-order chi connectivity index (χ1) is 8.29. The number of nitrogens with one attached hydrogen (secondary N) is 1. The lowest BCUT2D eigenvalue weighted by Gasteiger charge is -2.22. The maximum absolute atomic E-state index is 13.6. The van der Waals surface area contributed by atoms with Crippen LogP contribution in [0.25, 0.3) is 0 Å². The highest BCUT2D eigenvalue weighted by atomic mass is 19.1. The Hall–Kier alpha value is -1.56. The summed E-state index contributed by atoms with van der Waals surface area (Å²) in [5.74, 6) is 0.332. The van der Waals surface area contributed by atoms with Crippen LogP contribution in [0, 0.1) is 23.1 Å². The van der Waals surface area contributed by atoms with Crippen molar-refractivity contribution in [2.75, 3.05) is 11.9 Å². The Balaban J connectivity index is 1.92. The zero-order valence-electron chi connectivity index (χ0n) is 9.88. The van der Waals surface area contributed by atoms with E-state index in [-0.39, 0.29) is 5.82 Å². The van der Waals surface area contributed by atoms with Gasteiger partial charge in [0, 0.05) is 6.54 Å². The molecule has 0 spiro atoms. The van der Waals surface area contributed by atoms with Gasteiger partial charge in [0.15, 0.2) is 0 Å². The van der Waals surface area contributed by atoms with Crippen LogP contribution in [0.2, 0.25) is 0 Å². The van der Waals surface area contributed by atoms with Crippen molar-refractivity contribution in [2.45, 2.75) is 32.1 Å². The molecule has 0 aromatic heterocycles. The number of hydrogen-bond acceptors (Lipinski definition) is 2. The van der Waals surface area contributed by atoms with E-state index in [1.807, 2.05) is 6.07 Å².